The summed E-state index contributed by atoms with van der Waals surface area (Å²) in [7, 11) is 0. The van der Waals surface area contributed by atoms with Crippen LogP contribution in [0.2, 0.25) is 0 Å². The van der Waals surface area contributed by atoms with Gasteiger partial charge >= 0.3 is 0 Å². The van der Waals surface area contributed by atoms with E-state index in [4.69, 9.17) is 9.47 Å². The van der Waals surface area contributed by atoms with Gasteiger partial charge in [0, 0.05) is 11.0 Å². The number of aryl methyl sites for hydroxylation is 1. The average molecular weight is 394 g/mol. The van der Waals surface area contributed by atoms with Crippen molar-refractivity contribution in [3.8, 4) is 0 Å². The van der Waals surface area contributed by atoms with E-state index in [1.165, 1.54) is 0 Å². The number of rotatable bonds is 5. The molecule has 1 fully saturated rings. The molecule has 0 saturated carbocycles. The molecule has 1 aromatic rings. The lowest BCUT2D eigenvalue weighted by Crippen LogP contribution is -2.59. The number of hydrogen-bond donors (Lipinski definition) is 4. The van der Waals surface area contributed by atoms with Crippen LogP contribution < -0.4 is 0 Å². The van der Waals surface area contributed by atoms with Gasteiger partial charge < -0.3 is 29.9 Å². The van der Waals surface area contributed by atoms with Crippen molar-refractivity contribution in [2.75, 3.05) is 13.2 Å². The van der Waals surface area contributed by atoms with Gasteiger partial charge in [-0.3, -0.25) is 4.79 Å². The van der Waals surface area contributed by atoms with Crippen LogP contribution in [0, 0.1) is 19.3 Å². The van der Waals surface area contributed by atoms with E-state index in [2.05, 4.69) is 6.07 Å². The van der Waals surface area contributed by atoms with Crippen LogP contribution in [0.25, 0.3) is 0 Å². The van der Waals surface area contributed by atoms with E-state index < -0.39 is 37.3 Å². The monoisotopic (exact) mass is 394 g/mol. The van der Waals surface area contributed by atoms with Gasteiger partial charge in [-0.25, -0.2) is 0 Å². The standard InChI is InChI=1S/C21H30O7/c1-10-7-12-8-21(3,4)19(26)15(12)11(2)13(10)5-6-27-20-18(25)17(24)16(23)14(9-22)28-20/h7,14,16-18,20,22-25H,5-6,8-9H2,1-4H3/t14-,16-,17+,18-,20+/m1/s1. The van der Waals surface area contributed by atoms with Crippen molar-refractivity contribution in [1.29, 1.82) is 0 Å². The first-order chi connectivity index (χ1) is 13.1. The minimum atomic E-state index is -1.46. The molecule has 0 bridgehead atoms. The first kappa shape index (κ1) is 21.4. The van der Waals surface area contributed by atoms with Crippen LogP contribution >= 0.6 is 0 Å². The summed E-state index contributed by atoms with van der Waals surface area (Å²) in [6, 6.07) is 2.07. The highest BCUT2D eigenvalue weighted by Crippen LogP contribution is 2.39. The second-order valence-corrected chi connectivity index (χ2v) is 8.54. The minimum Gasteiger partial charge on any atom is -0.394 e. The quantitative estimate of drug-likeness (QED) is 0.572. The van der Waals surface area contributed by atoms with Crippen molar-refractivity contribution in [2.24, 2.45) is 5.41 Å². The second kappa shape index (κ2) is 7.82. The molecule has 3 rings (SSSR count). The lowest BCUT2D eigenvalue weighted by molar-refractivity contribution is -0.300. The van der Waals surface area contributed by atoms with Gasteiger partial charge in [-0.2, -0.15) is 0 Å². The van der Waals surface area contributed by atoms with Crippen molar-refractivity contribution in [2.45, 2.75) is 71.2 Å². The fraction of sp³-hybridized carbons (Fsp3) is 0.667. The van der Waals surface area contributed by atoms with Crippen LogP contribution in [0.5, 0.6) is 0 Å². The van der Waals surface area contributed by atoms with Crippen LogP contribution in [0.3, 0.4) is 0 Å². The van der Waals surface area contributed by atoms with E-state index in [1.807, 2.05) is 27.7 Å². The Morgan fingerprint density at radius 1 is 1.18 bits per heavy atom. The third-order valence-corrected chi connectivity index (χ3v) is 5.97. The number of ether oxygens (including phenoxy) is 2. The molecular formula is C21H30O7. The molecule has 7 nitrogen and oxygen atoms in total. The predicted octanol–water partition coefficient (Wildman–Crippen LogP) is 0.427. The van der Waals surface area contributed by atoms with Gasteiger partial charge in [0.05, 0.1) is 13.2 Å². The zero-order valence-electron chi connectivity index (χ0n) is 16.8. The van der Waals surface area contributed by atoms with Crippen molar-refractivity contribution in [1.82, 2.24) is 0 Å². The number of benzene rings is 1. The number of hydrogen-bond acceptors (Lipinski definition) is 7. The Kier molecular flexibility index (Phi) is 5.96. The number of ketones is 1. The van der Waals surface area contributed by atoms with Gasteiger partial charge in [0.2, 0.25) is 0 Å². The Morgan fingerprint density at radius 3 is 2.50 bits per heavy atom. The molecular weight excluding hydrogens is 364 g/mol. The zero-order chi connectivity index (χ0) is 20.8. The summed E-state index contributed by atoms with van der Waals surface area (Å²) < 4.78 is 11.0. The molecule has 28 heavy (non-hydrogen) atoms. The van der Waals surface area contributed by atoms with Gasteiger partial charge in [-0.15, -0.1) is 0 Å². The van der Waals surface area contributed by atoms with E-state index >= 15 is 0 Å². The van der Waals surface area contributed by atoms with E-state index in [1.54, 1.807) is 0 Å². The minimum absolute atomic E-state index is 0.163. The molecule has 1 aliphatic heterocycles. The Labute approximate surface area is 164 Å². The number of carbonyl (C=O) groups is 1. The van der Waals surface area contributed by atoms with E-state index in [9.17, 15) is 25.2 Å². The van der Waals surface area contributed by atoms with Gasteiger partial charge in [0.15, 0.2) is 12.1 Å². The topological polar surface area (TPSA) is 116 Å². The maximum Gasteiger partial charge on any atom is 0.186 e. The molecule has 4 N–H and O–H groups in total. The van der Waals surface area contributed by atoms with Crippen molar-refractivity contribution in [3.05, 3.63) is 33.9 Å². The summed E-state index contributed by atoms with van der Waals surface area (Å²) in [4.78, 5) is 12.7. The molecule has 1 aliphatic carbocycles. The molecule has 2 aliphatic rings. The predicted molar refractivity (Wildman–Crippen MR) is 101 cm³/mol. The fourth-order valence-electron chi connectivity index (χ4n) is 4.33. The lowest BCUT2D eigenvalue weighted by atomic mass is 9.88. The highest BCUT2D eigenvalue weighted by atomic mass is 16.7. The number of carbonyl (C=O) groups excluding carboxylic acids is 1. The van der Waals surface area contributed by atoms with E-state index in [0.29, 0.717) is 6.42 Å². The van der Waals surface area contributed by atoms with Crippen LogP contribution in [0.1, 0.15) is 46.5 Å². The van der Waals surface area contributed by atoms with E-state index in [-0.39, 0.29) is 17.8 Å². The van der Waals surface area contributed by atoms with Gasteiger partial charge in [0.25, 0.3) is 0 Å². The molecule has 156 valence electrons. The van der Waals surface area contributed by atoms with Crippen LogP contribution in [0.4, 0.5) is 0 Å². The van der Waals surface area contributed by atoms with Crippen molar-refractivity contribution < 1.29 is 34.7 Å². The summed E-state index contributed by atoms with van der Waals surface area (Å²) in [5.74, 6) is 0.163. The smallest absolute Gasteiger partial charge is 0.186 e. The Hall–Kier alpha value is -1.35. The molecule has 5 atom stereocenters. The zero-order valence-corrected chi connectivity index (χ0v) is 16.8. The molecule has 7 heteroatoms. The lowest BCUT2D eigenvalue weighted by Gasteiger charge is -2.39. The maximum absolute atomic E-state index is 12.7. The summed E-state index contributed by atoms with van der Waals surface area (Å²) in [6.07, 6.45) is -5.17. The third-order valence-electron chi connectivity index (χ3n) is 5.97. The first-order valence-corrected chi connectivity index (χ1v) is 9.67. The summed E-state index contributed by atoms with van der Waals surface area (Å²) in [6.45, 7) is 7.59. The molecule has 0 amide bonds. The Balaban J connectivity index is 1.71. The number of aliphatic hydroxyl groups excluding tert-OH is 4. The molecule has 0 radical (unpaired) electrons. The number of fused-ring (bicyclic) bond motifs is 1. The first-order valence-electron chi connectivity index (χ1n) is 9.67. The SMILES string of the molecule is Cc1cc2c(c(C)c1CCO[C@H]1O[C@H](CO)[C@@H](O)[C@H](O)[C@H]1O)C(=O)C(C)(C)C2. The summed E-state index contributed by atoms with van der Waals surface area (Å²) >= 11 is 0. The summed E-state index contributed by atoms with van der Waals surface area (Å²) in [5, 5.41) is 39.0. The second-order valence-electron chi connectivity index (χ2n) is 8.54. The Morgan fingerprint density at radius 2 is 1.86 bits per heavy atom. The normalized spacial score (nSPS) is 31.9. The van der Waals surface area contributed by atoms with Gasteiger partial charge in [-0.05, 0) is 48.9 Å². The molecule has 1 heterocycles. The van der Waals surface area contributed by atoms with Gasteiger partial charge in [0.1, 0.15) is 24.4 Å². The molecule has 0 aromatic heterocycles. The van der Waals surface area contributed by atoms with Gasteiger partial charge in [-0.1, -0.05) is 19.9 Å². The molecule has 0 spiro atoms. The highest BCUT2D eigenvalue weighted by Gasteiger charge is 2.44. The van der Waals surface area contributed by atoms with Crippen LogP contribution in [0.15, 0.2) is 6.07 Å². The highest BCUT2D eigenvalue weighted by molar-refractivity contribution is 6.06. The van der Waals surface area contributed by atoms with Crippen molar-refractivity contribution in [3.63, 3.8) is 0 Å². The molecule has 1 aromatic carbocycles. The number of Topliss-reactive ketones (excluding diaryl/α,β-unsaturated/α-hetero) is 1. The van der Waals surface area contributed by atoms with Crippen LogP contribution in [-0.2, 0) is 22.3 Å². The van der Waals surface area contributed by atoms with Crippen LogP contribution in [-0.4, -0.2) is 70.1 Å². The summed E-state index contributed by atoms with van der Waals surface area (Å²) in [5.41, 5.74) is 4.57. The molecule has 0 unspecified atom stereocenters. The average Bonchev–Trinajstić information content (AvgIpc) is 2.86. The number of aliphatic hydroxyl groups is 4. The maximum atomic E-state index is 12.7. The third kappa shape index (κ3) is 3.63. The van der Waals surface area contributed by atoms with Crippen molar-refractivity contribution >= 4 is 5.78 Å². The Bertz CT molecular complexity index is 756. The largest absolute Gasteiger partial charge is 0.394 e. The van der Waals surface area contributed by atoms with E-state index in [0.717, 1.165) is 34.2 Å². The molecule has 1 saturated heterocycles. The fourth-order valence-corrected chi connectivity index (χ4v) is 4.33.